The molecule has 17 heavy (non-hydrogen) atoms. The van der Waals surface area contributed by atoms with Gasteiger partial charge >= 0.3 is 0 Å². The van der Waals surface area contributed by atoms with E-state index in [-0.39, 0.29) is 12.6 Å². The van der Waals surface area contributed by atoms with Crippen molar-refractivity contribution in [1.29, 1.82) is 0 Å². The van der Waals surface area contributed by atoms with Gasteiger partial charge in [0.05, 0.1) is 24.0 Å². The molecular weight excluding hydrogens is 214 g/mol. The van der Waals surface area contributed by atoms with Gasteiger partial charge in [0.25, 0.3) is 0 Å². The van der Waals surface area contributed by atoms with E-state index >= 15 is 0 Å². The average Bonchev–Trinajstić information content (AvgIpc) is 3.09. The van der Waals surface area contributed by atoms with Crippen LogP contribution in [0.5, 0.6) is 0 Å². The quantitative estimate of drug-likeness (QED) is 0.811. The Morgan fingerprint density at radius 1 is 1.41 bits per heavy atom. The molecule has 0 spiro atoms. The summed E-state index contributed by atoms with van der Waals surface area (Å²) in [7, 11) is 0. The van der Waals surface area contributed by atoms with Crippen LogP contribution in [-0.4, -0.2) is 33.3 Å². The van der Waals surface area contributed by atoms with Crippen molar-refractivity contribution < 1.29 is 5.11 Å². The molecule has 1 unspecified atom stereocenters. The number of aromatic nitrogens is 2. The summed E-state index contributed by atoms with van der Waals surface area (Å²) in [5, 5.41) is 12.8. The molecule has 1 fully saturated rings. The van der Waals surface area contributed by atoms with Crippen LogP contribution in [0.25, 0.3) is 11.0 Å². The number of fused-ring (bicyclic) bond motifs is 1. The largest absolute Gasteiger partial charge is 0.395 e. The lowest BCUT2D eigenvalue weighted by atomic mass is 10.2. The molecule has 3 rings (SSSR count). The van der Waals surface area contributed by atoms with E-state index in [2.05, 4.69) is 20.9 Å². The maximum atomic E-state index is 9.38. The lowest BCUT2D eigenvalue weighted by Gasteiger charge is -2.16. The minimum Gasteiger partial charge on any atom is -0.395 e. The average molecular weight is 231 g/mol. The summed E-state index contributed by atoms with van der Waals surface area (Å²) >= 11 is 0. The molecule has 1 atom stereocenters. The van der Waals surface area contributed by atoms with Gasteiger partial charge in [0.15, 0.2) is 0 Å². The van der Waals surface area contributed by atoms with Crippen molar-refractivity contribution >= 4 is 11.0 Å². The van der Waals surface area contributed by atoms with E-state index in [1.54, 1.807) is 0 Å². The van der Waals surface area contributed by atoms with Crippen LogP contribution in [0.2, 0.25) is 0 Å². The first-order valence-corrected chi connectivity index (χ1v) is 6.13. The Morgan fingerprint density at radius 3 is 3.00 bits per heavy atom. The summed E-state index contributed by atoms with van der Waals surface area (Å²) in [5.74, 6) is 0. The summed E-state index contributed by atoms with van der Waals surface area (Å²) in [6.45, 7) is 0.941. The van der Waals surface area contributed by atoms with Gasteiger partial charge < -0.3 is 15.0 Å². The number of rotatable bonds is 5. The van der Waals surface area contributed by atoms with Crippen LogP contribution in [0.3, 0.4) is 0 Å². The Labute approximate surface area is 100 Å². The molecule has 0 amide bonds. The molecule has 1 aliphatic carbocycles. The van der Waals surface area contributed by atoms with E-state index in [4.69, 9.17) is 0 Å². The minimum absolute atomic E-state index is 0.125. The van der Waals surface area contributed by atoms with Gasteiger partial charge in [-0.1, -0.05) is 12.1 Å². The third-order valence-corrected chi connectivity index (χ3v) is 3.21. The lowest BCUT2D eigenvalue weighted by Crippen LogP contribution is -2.37. The van der Waals surface area contributed by atoms with Gasteiger partial charge in [-0.2, -0.15) is 0 Å². The van der Waals surface area contributed by atoms with Gasteiger partial charge in [-0.3, -0.25) is 0 Å². The van der Waals surface area contributed by atoms with Crippen LogP contribution < -0.4 is 5.32 Å². The van der Waals surface area contributed by atoms with Crippen LogP contribution in [0.1, 0.15) is 12.8 Å². The number of nitrogens with zero attached hydrogens (tertiary/aromatic N) is 2. The minimum atomic E-state index is 0.125. The van der Waals surface area contributed by atoms with Gasteiger partial charge in [-0.15, -0.1) is 0 Å². The highest BCUT2D eigenvalue weighted by Gasteiger charge is 2.24. The predicted octanol–water partition coefficient (Wildman–Crippen LogP) is 1.15. The zero-order valence-electron chi connectivity index (χ0n) is 9.71. The van der Waals surface area contributed by atoms with Gasteiger partial charge in [0.1, 0.15) is 0 Å². The Balaban J connectivity index is 1.78. The van der Waals surface area contributed by atoms with E-state index < -0.39 is 0 Å². The monoisotopic (exact) mass is 231 g/mol. The maximum absolute atomic E-state index is 9.38. The summed E-state index contributed by atoms with van der Waals surface area (Å²) in [6, 6.07) is 8.82. The number of benzene rings is 1. The van der Waals surface area contributed by atoms with Gasteiger partial charge in [-0.05, 0) is 25.0 Å². The van der Waals surface area contributed by atoms with Gasteiger partial charge in [0.2, 0.25) is 0 Å². The van der Waals surface area contributed by atoms with Crippen molar-refractivity contribution in [1.82, 2.24) is 14.9 Å². The molecular formula is C13H17N3O. The number of para-hydroxylation sites is 2. The van der Waals surface area contributed by atoms with E-state index in [1.807, 2.05) is 24.5 Å². The standard InChI is InChI=1S/C13H17N3O/c17-8-11(15-10-5-6-10)7-16-9-14-12-3-1-2-4-13(12)16/h1-4,9-11,15,17H,5-8H2. The van der Waals surface area contributed by atoms with Crippen molar-refractivity contribution in [2.75, 3.05) is 6.61 Å². The smallest absolute Gasteiger partial charge is 0.0958 e. The van der Waals surface area contributed by atoms with Crippen LogP contribution in [0, 0.1) is 0 Å². The Bertz CT molecular complexity index is 504. The number of nitrogens with one attached hydrogen (secondary N) is 1. The predicted molar refractivity (Wildman–Crippen MR) is 66.8 cm³/mol. The fourth-order valence-electron chi connectivity index (χ4n) is 2.14. The third kappa shape index (κ3) is 2.33. The Hall–Kier alpha value is -1.39. The van der Waals surface area contributed by atoms with Crippen molar-refractivity contribution in [2.45, 2.75) is 31.5 Å². The second-order valence-corrected chi connectivity index (χ2v) is 4.71. The zero-order valence-corrected chi connectivity index (χ0v) is 9.71. The number of hydrogen-bond donors (Lipinski definition) is 2. The molecule has 1 aromatic carbocycles. The molecule has 0 radical (unpaired) electrons. The van der Waals surface area contributed by atoms with Gasteiger partial charge in [-0.25, -0.2) is 4.98 Å². The number of aliphatic hydroxyl groups excluding tert-OH is 1. The molecule has 4 nitrogen and oxygen atoms in total. The molecule has 1 saturated carbocycles. The fraction of sp³-hybridized carbons (Fsp3) is 0.462. The van der Waals surface area contributed by atoms with E-state index in [0.29, 0.717) is 6.04 Å². The normalized spacial score (nSPS) is 17.5. The molecule has 2 N–H and O–H groups in total. The zero-order chi connectivity index (χ0) is 11.7. The Morgan fingerprint density at radius 2 is 2.24 bits per heavy atom. The van der Waals surface area contributed by atoms with Crippen molar-refractivity contribution in [3.63, 3.8) is 0 Å². The third-order valence-electron chi connectivity index (χ3n) is 3.21. The van der Waals surface area contributed by atoms with Crippen LogP contribution in [0.4, 0.5) is 0 Å². The van der Waals surface area contributed by atoms with E-state index in [1.165, 1.54) is 12.8 Å². The van der Waals surface area contributed by atoms with Crippen LogP contribution >= 0.6 is 0 Å². The molecule has 2 aromatic rings. The second kappa shape index (κ2) is 4.47. The second-order valence-electron chi connectivity index (χ2n) is 4.71. The highest BCUT2D eigenvalue weighted by atomic mass is 16.3. The molecule has 1 aliphatic rings. The summed E-state index contributed by atoms with van der Waals surface area (Å²) in [5.41, 5.74) is 2.14. The first-order chi connectivity index (χ1) is 8.36. The first-order valence-electron chi connectivity index (χ1n) is 6.13. The maximum Gasteiger partial charge on any atom is 0.0958 e. The summed E-state index contributed by atoms with van der Waals surface area (Å²) < 4.78 is 2.10. The first kappa shape index (κ1) is 10.7. The summed E-state index contributed by atoms with van der Waals surface area (Å²) in [6.07, 6.45) is 4.32. The summed E-state index contributed by atoms with van der Waals surface area (Å²) in [4.78, 5) is 4.35. The topological polar surface area (TPSA) is 50.1 Å². The molecule has 0 saturated heterocycles. The fourth-order valence-corrected chi connectivity index (χ4v) is 2.14. The highest BCUT2D eigenvalue weighted by molar-refractivity contribution is 5.74. The SMILES string of the molecule is OCC(Cn1cnc2ccccc21)NC1CC1. The lowest BCUT2D eigenvalue weighted by molar-refractivity contribution is 0.228. The van der Waals surface area contributed by atoms with E-state index in [0.717, 1.165) is 17.6 Å². The molecule has 1 heterocycles. The number of hydrogen-bond acceptors (Lipinski definition) is 3. The van der Waals surface area contributed by atoms with E-state index in [9.17, 15) is 5.11 Å². The molecule has 0 bridgehead atoms. The highest BCUT2D eigenvalue weighted by Crippen LogP contribution is 2.20. The van der Waals surface area contributed by atoms with Crippen LogP contribution in [-0.2, 0) is 6.54 Å². The molecule has 0 aliphatic heterocycles. The van der Waals surface area contributed by atoms with Crippen LogP contribution in [0.15, 0.2) is 30.6 Å². The number of imidazole rings is 1. The number of aliphatic hydroxyl groups is 1. The molecule has 1 aromatic heterocycles. The van der Waals surface area contributed by atoms with Gasteiger partial charge in [0, 0.05) is 18.6 Å². The molecule has 4 heteroatoms. The molecule has 90 valence electrons. The Kier molecular flexibility index (Phi) is 2.82. The van der Waals surface area contributed by atoms with Crippen molar-refractivity contribution in [3.05, 3.63) is 30.6 Å². The van der Waals surface area contributed by atoms with Crippen molar-refractivity contribution in [2.24, 2.45) is 0 Å². The van der Waals surface area contributed by atoms with Crippen molar-refractivity contribution in [3.8, 4) is 0 Å².